The van der Waals surface area contributed by atoms with Crippen molar-refractivity contribution in [2.24, 2.45) is 0 Å². The highest BCUT2D eigenvalue weighted by Gasteiger charge is 2.36. The van der Waals surface area contributed by atoms with E-state index in [-0.39, 0.29) is 0 Å². The third-order valence-electron chi connectivity index (χ3n) is 3.03. The van der Waals surface area contributed by atoms with Gasteiger partial charge in [-0.1, -0.05) is 23.8 Å². The summed E-state index contributed by atoms with van der Waals surface area (Å²) in [4.78, 5) is 23.5. The van der Waals surface area contributed by atoms with Crippen molar-refractivity contribution in [2.75, 3.05) is 14.2 Å². The van der Waals surface area contributed by atoms with E-state index in [0.29, 0.717) is 5.57 Å². The molecule has 1 aromatic rings. The van der Waals surface area contributed by atoms with Gasteiger partial charge >= 0.3 is 11.9 Å². The summed E-state index contributed by atoms with van der Waals surface area (Å²) in [6.45, 7) is 1.94. The lowest BCUT2D eigenvalue weighted by Crippen LogP contribution is -2.19. The van der Waals surface area contributed by atoms with E-state index in [1.54, 1.807) is 6.08 Å². The maximum absolute atomic E-state index is 11.8. The van der Waals surface area contributed by atoms with Crippen molar-refractivity contribution in [3.63, 3.8) is 0 Å². The standard InChI is InChI=1S/C14H14O4/c1-8-4-5-9-7-11(13(15)17-2)12(10(9)6-8)14(16)18-3/h4-7,12H,1-3H3. The van der Waals surface area contributed by atoms with Gasteiger partial charge in [0.1, 0.15) is 5.92 Å². The Morgan fingerprint density at radius 1 is 1.17 bits per heavy atom. The number of hydrogen-bond donors (Lipinski definition) is 0. The van der Waals surface area contributed by atoms with Crippen molar-refractivity contribution in [3.8, 4) is 0 Å². The molecule has 0 saturated carbocycles. The van der Waals surface area contributed by atoms with Crippen LogP contribution in [0.25, 0.3) is 6.08 Å². The molecule has 18 heavy (non-hydrogen) atoms. The molecular weight excluding hydrogens is 232 g/mol. The SMILES string of the molecule is COC(=O)C1=Cc2ccc(C)cc2C1C(=O)OC. The first-order valence-electron chi connectivity index (χ1n) is 5.56. The van der Waals surface area contributed by atoms with Gasteiger partial charge in [-0.05, 0) is 24.1 Å². The van der Waals surface area contributed by atoms with E-state index in [1.165, 1.54) is 14.2 Å². The normalized spacial score (nSPS) is 16.8. The van der Waals surface area contributed by atoms with E-state index >= 15 is 0 Å². The van der Waals surface area contributed by atoms with Crippen LogP contribution in [0.1, 0.15) is 22.6 Å². The molecule has 1 atom stereocenters. The monoisotopic (exact) mass is 246 g/mol. The third kappa shape index (κ3) is 1.90. The molecule has 94 valence electrons. The Bertz CT molecular complexity index is 543. The zero-order valence-corrected chi connectivity index (χ0v) is 10.5. The summed E-state index contributed by atoms with van der Waals surface area (Å²) < 4.78 is 9.47. The summed E-state index contributed by atoms with van der Waals surface area (Å²) in [5, 5.41) is 0. The number of ether oxygens (including phenoxy) is 2. The molecule has 0 fully saturated rings. The van der Waals surface area contributed by atoms with Crippen LogP contribution in [0.2, 0.25) is 0 Å². The van der Waals surface area contributed by atoms with Crippen LogP contribution >= 0.6 is 0 Å². The average Bonchev–Trinajstić information content (AvgIpc) is 2.75. The predicted molar refractivity (Wildman–Crippen MR) is 65.9 cm³/mol. The van der Waals surface area contributed by atoms with Crippen molar-refractivity contribution in [1.82, 2.24) is 0 Å². The van der Waals surface area contributed by atoms with Gasteiger partial charge in [0, 0.05) is 0 Å². The van der Waals surface area contributed by atoms with E-state index in [9.17, 15) is 9.59 Å². The molecule has 0 bridgehead atoms. The highest BCUT2D eigenvalue weighted by atomic mass is 16.5. The molecule has 0 aromatic heterocycles. The summed E-state index contributed by atoms with van der Waals surface area (Å²) in [7, 11) is 2.61. The fourth-order valence-electron chi connectivity index (χ4n) is 2.16. The Labute approximate surface area is 105 Å². The lowest BCUT2D eigenvalue weighted by molar-refractivity contribution is -0.144. The number of carbonyl (C=O) groups excluding carboxylic acids is 2. The number of carbonyl (C=O) groups is 2. The highest BCUT2D eigenvalue weighted by molar-refractivity contribution is 6.05. The minimum absolute atomic E-state index is 0.324. The number of methoxy groups -OCH3 is 2. The molecule has 4 nitrogen and oxygen atoms in total. The molecule has 4 heteroatoms. The number of hydrogen-bond acceptors (Lipinski definition) is 4. The van der Waals surface area contributed by atoms with Gasteiger partial charge in [-0.15, -0.1) is 0 Å². The summed E-state index contributed by atoms with van der Waals surface area (Å²) in [6, 6.07) is 5.71. The lowest BCUT2D eigenvalue weighted by Gasteiger charge is -2.13. The first-order valence-corrected chi connectivity index (χ1v) is 5.56. The maximum atomic E-state index is 11.8. The number of fused-ring (bicyclic) bond motifs is 1. The van der Waals surface area contributed by atoms with E-state index < -0.39 is 17.9 Å². The zero-order chi connectivity index (χ0) is 13.3. The van der Waals surface area contributed by atoms with Crippen molar-refractivity contribution >= 4 is 18.0 Å². The molecule has 2 rings (SSSR count). The van der Waals surface area contributed by atoms with E-state index in [2.05, 4.69) is 0 Å². The molecule has 0 aliphatic heterocycles. The molecule has 0 N–H and O–H groups in total. The Hall–Kier alpha value is -2.10. The summed E-state index contributed by atoms with van der Waals surface area (Å²) >= 11 is 0. The second-order valence-corrected chi connectivity index (χ2v) is 4.18. The Morgan fingerprint density at radius 2 is 1.89 bits per heavy atom. The van der Waals surface area contributed by atoms with Crippen LogP contribution in [0.3, 0.4) is 0 Å². The number of esters is 2. The van der Waals surface area contributed by atoms with Gasteiger partial charge in [0.15, 0.2) is 0 Å². The van der Waals surface area contributed by atoms with Crippen molar-refractivity contribution < 1.29 is 19.1 Å². The van der Waals surface area contributed by atoms with Crippen LogP contribution < -0.4 is 0 Å². The highest BCUT2D eigenvalue weighted by Crippen LogP contribution is 2.38. The average molecular weight is 246 g/mol. The van der Waals surface area contributed by atoms with E-state index in [4.69, 9.17) is 9.47 Å². The van der Waals surface area contributed by atoms with Gasteiger partial charge < -0.3 is 9.47 Å². The maximum Gasteiger partial charge on any atom is 0.334 e. The van der Waals surface area contributed by atoms with Crippen LogP contribution in [-0.4, -0.2) is 26.2 Å². The topological polar surface area (TPSA) is 52.6 Å². The fraction of sp³-hybridized carbons (Fsp3) is 0.286. The van der Waals surface area contributed by atoms with Gasteiger partial charge in [0.25, 0.3) is 0 Å². The molecule has 1 aliphatic rings. The van der Waals surface area contributed by atoms with Gasteiger partial charge in [0.05, 0.1) is 19.8 Å². The smallest absolute Gasteiger partial charge is 0.334 e. The summed E-state index contributed by atoms with van der Waals surface area (Å²) in [6.07, 6.45) is 1.68. The second kappa shape index (κ2) is 4.64. The van der Waals surface area contributed by atoms with Gasteiger partial charge in [-0.2, -0.15) is 0 Å². The lowest BCUT2D eigenvalue weighted by atomic mass is 9.94. The Balaban J connectivity index is 2.52. The molecule has 0 heterocycles. The Morgan fingerprint density at radius 3 is 2.50 bits per heavy atom. The van der Waals surface area contributed by atoms with Crippen LogP contribution in [0.15, 0.2) is 23.8 Å². The zero-order valence-electron chi connectivity index (χ0n) is 10.5. The number of rotatable bonds is 2. The third-order valence-corrected chi connectivity index (χ3v) is 3.03. The minimum atomic E-state index is -0.683. The van der Waals surface area contributed by atoms with Gasteiger partial charge in [0.2, 0.25) is 0 Å². The first kappa shape index (κ1) is 12.4. The largest absolute Gasteiger partial charge is 0.468 e. The Kier molecular flexibility index (Phi) is 3.19. The quantitative estimate of drug-likeness (QED) is 0.747. The van der Waals surface area contributed by atoms with Gasteiger partial charge in [-0.3, -0.25) is 4.79 Å². The van der Waals surface area contributed by atoms with E-state index in [0.717, 1.165) is 16.7 Å². The van der Waals surface area contributed by atoms with Crippen molar-refractivity contribution in [3.05, 3.63) is 40.5 Å². The van der Waals surface area contributed by atoms with Crippen LogP contribution in [0.5, 0.6) is 0 Å². The van der Waals surface area contributed by atoms with Crippen LogP contribution in [0.4, 0.5) is 0 Å². The van der Waals surface area contributed by atoms with Crippen LogP contribution in [0, 0.1) is 6.92 Å². The first-order chi connectivity index (χ1) is 8.58. The van der Waals surface area contributed by atoms with Crippen molar-refractivity contribution in [2.45, 2.75) is 12.8 Å². The molecule has 1 unspecified atom stereocenters. The molecule has 1 aliphatic carbocycles. The predicted octanol–water partition coefficient (Wildman–Crippen LogP) is 1.82. The molecule has 0 amide bonds. The molecule has 0 saturated heterocycles. The van der Waals surface area contributed by atoms with E-state index in [1.807, 2.05) is 25.1 Å². The summed E-state index contributed by atoms with van der Waals surface area (Å²) in [5.41, 5.74) is 3.01. The van der Waals surface area contributed by atoms with Crippen LogP contribution in [-0.2, 0) is 19.1 Å². The number of benzene rings is 1. The minimum Gasteiger partial charge on any atom is -0.468 e. The molecule has 0 spiro atoms. The molecular formula is C14H14O4. The fourth-order valence-corrected chi connectivity index (χ4v) is 2.16. The molecule has 1 aromatic carbocycles. The van der Waals surface area contributed by atoms with Crippen molar-refractivity contribution in [1.29, 1.82) is 0 Å². The number of aryl methyl sites for hydroxylation is 1. The second-order valence-electron chi connectivity index (χ2n) is 4.18. The molecule has 0 radical (unpaired) electrons. The van der Waals surface area contributed by atoms with Gasteiger partial charge in [-0.25, -0.2) is 4.79 Å². The summed E-state index contributed by atoms with van der Waals surface area (Å²) in [5.74, 6) is -1.63.